The van der Waals surface area contributed by atoms with E-state index in [-0.39, 0.29) is 40.4 Å². The number of nitrogens with one attached hydrogen (secondary N) is 1. The van der Waals surface area contributed by atoms with Crippen LogP contribution in [-0.4, -0.2) is 27.5 Å². The molecule has 1 aliphatic rings. The fraction of sp³-hybridized carbons (Fsp3) is 0.417. The average molecular weight is 569 g/mol. The van der Waals surface area contributed by atoms with Gasteiger partial charge in [0.05, 0.1) is 34.6 Å². The molecule has 0 heterocycles. The van der Waals surface area contributed by atoms with Gasteiger partial charge in [0.1, 0.15) is 5.75 Å². The number of rotatable bonds is 15. The van der Waals surface area contributed by atoms with E-state index in [0.717, 1.165) is 25.7 Å². The van der Waals surface area contributed by atoms with Crippen LogP contribution in [0.1, 0.15) is 116 Å². The van der Waals surface area contributed by atoms with Crippen LogP contribution >= 0.6 is 0 Å². The number of carbonyl (C=O) groups is 2. The molecule has 0 unspecified atom stereocenters. The summed E-state index contributed by atoms with van der Waals surface area (Å²) in [4.78, 5) is 30.9. The number of aromatic hydroxyl groups is 2. The van der Waals surface area contributed by atoms with Crippen molar-refractivity contribution >= 4 is 34.3 Å². The Kier molecular flexibility index (Phi) is 11.3. The molecular formula is C36H44N2O4. The van der Waals surface area contributed by atoms with Gasteiger partial charge in [-0.15, -0.1) is 0 Å². The van der Waals surface area contributed by atoms with E-state index in [2.05, 4.69) is 24.2 Å². The molecule has 0 amide bonds. The fourth-order valence-corrected chi connectivity index (χ4v) is 5.48. The highest BCUT2D eigenvalue weighted by Gasteiger charge is 2.35. The summed E-state index contributed by atoms with van der Waals surface area (Å²) in [5.41, 5.74) is 3.60. The zero-order valence-corrected chi connectivity index (χ0v) is 25.0. The standard InChI is InChI=1S/C36H44N2O4/c1-3-5-7-9-11-13-25-15-19-27(20-16-25)37-29-23-31(39)34-33(35(29)41)32(40)24-30(36(34)42)38-28-21-17-26(18-22-28)14-12-10-8-6-4-2/h15-23,37,39,41H,3-14,24H2,1-2H3. The molecular weight excluding hydrogens is 524 g/mol. The Morgan fingerprint density at radius 2 is 1.26 bits per heavy atom. The molecule has 0 radical (unpaired) electrons. The van der Waals surface area contributed by atoms with E-state index in [0.29, 0.717) is 11.4 Å². The molecule has 6 heteroatoms. The first kappa shape index (κ1) is 31.0. The van der Waals surface area contributed by atoms with Gasteiger partial charge in [0.25, 0.3) is 0 Å². The van der Waals surface area contributed by atoms with Crippen LogP contribution in [0.15, 0.2) is 59.6 Å². The lowest BCUT2D eigenvalue weighted by Crippen LogP contribution is -2.27. The predicted octanol–water partition coefficient (Wildman–Crippen LogP) is 9.41. The molecule has 222 valence electrons. The summed E-state index contributed by atoms with van der Waals surface area (Å²) in [5, 5.41) is 24.9. The molecule has 6 nitrogen and oxygen atoms in total. The number of phenols is 2. The van der Waals surface area contributed by atoms with E-state index < -0.39 is 11.6 Å². The van der Waals surface area contributed by atoms with E-state index in [1.807, 2.05) is 48.5 Å². The highest BCUT2D eigenvalue weighted by atomic mass is 16.3. The molecule has 0 aromatic heterocycles. The largest absolute Gasteiger partial charge is 0.507 e. The molecule has 0 aliphatic heterocycles. The molecule has 1 aliphatic carbocycles. The highest BCUT2D eigenvalue weighted by molar-refractivity contribution is 6.54. The van der Waals surface area contributed by atoms with Gasteiger partial charge in [-0.25, -0.2) is 4.99 Å². The van der Waals surface area contributed by atoms with Gasteiger partial charge in [0.15, 0.2) is 11.5 Å². The quantitative estimate of drug-likeness (QED) is 0.0963. The summed E-state index contributed by atoms with van der Waals surface area (Å²) in [6.45, 7) is 4.42. The second kappa shape index (κ2) is 15.3. The average Bonchev–Trinajstić information content (AvgIpc) is 2.99. The fourth-order valence-electron chi connectivity index (χ4n) is 5.48. The number of ketones is 2. The maximum absolute atomic E-state index is 13.3. The Labute approximate surface area is 249 Å². The van der Waals surface area contributed by atoms with Gasteiger partial charge in [-0.2, -0.15) is 0 Å². The van der Waals surface area contributed by atoms with Gasteiger partial charge in [-0.05, 0) is 61.1 Å². The van der Waals surface area contributed by atoms with Crippen LogP contribution in [-0.2, 0) is 12.8 Å². The lowest BCUT2D eigenvalue weighted by Gasteiger charge is -2.20. The third-order valence-electron chi connectivity index (χ3n) is 7.95. The third-order valence-corrected chi connectivity index (χ3v) is 7.95. The van der Waals surface area contributed by atoms with Crippen molar-refractivity contribution in [3.8, 4) is 11.5 Å². The van der Waals surface area contributed by atoms with Gasteiger partial charge >= 0.3 is 0 Å². The zero-order chi connectivity index (χ0) is 29.9. The van der Waals surface area contributed by atoms with E-state index in [1.165, 1.54) is 68.6 Å². The smallest absolute Gasteiger partial charge is 0.212 e. The number of aliphatic imine (C=N–C) groups is 1. The molecule has 0 atom stereocenters. The Hall–Kier alpha value is -3.93. The maximum Gasteiger partial charge on any atom is 0.212 e. The van der Waals surface area contributed by atoms with E-state index in [9.17, 15) is 19.8 Å². The van der Waals surface area contributed by atoms with Gasteiger partial charge in [-0.3, -0.25) is 9.59 Å². The molecule has 0 bridgehead atoms. The Balaban J connectivity index is 1.44. The zero-order valence-electron chi connectivity index (χ0n) is 25.0. The number of hydrogen-bond acceptors (Lipinski definition) is 6. The van der Waals surface area contributed by atoms with Crippen molar-refractivity contribution in [1.82, 2.24) is 0 Å². The van der Waals surface area contributed by atoms with Crippen molar-refractivity contribution in [2.45, 2.75) is 97.3 Å². The topological polar surface area (TPSA) is 99.0 Å². The number of aryl methyl sites for hydroxylation is 2. The van der Waals surface area contributed by atoms with E-state index in [1.54, 1.807) is 0 Å². The second-order valence-corrected chi connectivity index (χ2v) is 11.3. The second-order valence-electron chi connectivity index (χ2n) is 11.3. The number of hydrogen-bond donors (Lipinski definition) is 3. The first-order valence-corrected chi connectivity index (χ1v) is 15.6. The SMILES string of the molecule is CCCCCCCc1ccc(N=C2CC(=O)c3c(O)c(Nc4ccc(CCCCCCC)cc4)cc(O)c3C2=O)cc1. The normalized spacial score (nSPS) is 13.9. The molecule has 0 saturated heterocycles. The van der Waals surface area contributed by atoms with Crippen molar-refractivity contribution < 1.29 is 19.8 Å². The van der Waals surface area contributed by atoms with Gasteiger partial charge in [0, 0.05) is 11.8 Å². The molecule has 0 saturated carbocycles. The number of anilines is 2. The molecule has 3 N–H and O–H groups in total. The van der Waals surface area contributed by atoms with Crippen molar-refractivity contribution in [2.24, 2.45) is 4.99 Å². The monoisotopic (exact) mass is 568 g/mol. The van der Waals surface area contributed by atoms with Crippen molar-refractivity contribution in [1.29, 1.82) is 0 Å². The first-order chi connectivity index (χ1) is 20.4. The van der Waals surface area contributed by atoms with Crippen molar-refractivity contribution in [3.05, 3.63) is 76.9 Å². The minimum atomic E-state index is -0.549. The van der Waals surface area contributed by atoms with Crippen molar-refractivity contribution in [2.75, 3.05) is 5.32 Å². The van der Waals surface area contributed by atoms with E-state index >= 15 is 0 Å². The predicted molar refractivity (Wildman–Crippen MR) is 171 cm³/mol. The molecule has 0 spiro atoms. The van der Waals surface area contributed by atoms with Crippen LogP contribution < -0.4 is 5.32 Å². The van der Waals surface area contributed by atoms with Gasteiger partial charge in [-0.1, -0.05) is 89.5 Å². The van der Waals surface area contributed by atoms with Crippen LogP contribution in [0.5, 0.6) is 11.5 Å². The summed E-state index contributed by atoms with van der Waals surface area (Å²) < 4.78 is 0. The van der Waals surface area contributed by atoms with Crippen LogP contribution in [0.25, 0.3) is 0 Å². The number of carbonyl (C=O) groups excluding carboxylic acids is 2. The van der Waals surface area contributed by atoms with Gasteiger partial charge < -0.3 is 15.5 Å². The highest BCUT2D eigenvalue weighted by Crippen LogP contribution is 2.41. The summed E-state index contributed by atoms with van der Waals surface area (Å²) in [6, 6.07) is 16.9. The number of unbranched alkanes of at least 4 members (excludes halogenated alkanes) is 8. The lowest BCUT2D eigenvalue weighted by atomic mass is 9.86. The Bertz CT molecular complexity index is 1390. The van der Waals surface area contributed by atoms with Crippen LogP contribution in [0, 0.1) is 0 Å². The molecule has 3 aromatic rings. The Morgan fingerprint density at radius 3 is 1.83 bits per heavy atom. The lowest BCUT2D eigenvalue weighted by molar-refractivity contribution is 0.0960. The van der Waals surface area contributed by atoms with Crippen LogP contribution in [0.3, 0.4) is 0 Å². The summed E-state index contributed by atoms with van der Waals surface area (Å²) in [5.74, 6) is -1.71. The van der Waals surface area contributed by atoms with Crippen LogP contribution in [0.2, 0.25) is 0 Å². The Morgan fingerprint density at radius 1 is 0.714 bits per heavy atom. The van der Waals surface area contributed by atoms with Crippen LogP contribution in [0.4, 0.5) is 17.1 Å². The molecule has 4 rings (SSSR count). The molecule has 0 fully saturated rings. The minimum Gasteiger partial charge on any atom is -0.507 e. The maximum atomic E-state index is 13.3. The summed E-state index contributed by atoms with van der Waals surface area (Å²) in [7, 11) is 0. The van der Waals surface area contributed by atoms with Gasteiger partial charge in [0.2, 0.25) is 5.78 Å². The summed E-state index contributed by atoms with van der Waals surface area (Å²) >= 11 is 0. The number of fused-ring (bicyclic) bond motifs is 1. The van der Waals surface area contributed by atoms with E-state index in [4.69, 9.17) is 0 Å². The number of benzene rings is 3. The number of Topliss-reactive ketones (excluding diaryl/α,β-unsaturated/α-hetero) is 2. The third kappa shape index (κ3) is 8.09. The molecule has 3 aromatic carbocycles. The summed E-state index contributed by atoms with van der Waals surface area (Å²) in [6.07, 6.45) is 14.0. The first-order valence-electron chi connectivity index (χ1n) is 15.6. The number of nitrogens with zero attached hydrogens (tertiary/aromatic N) is 1. The minimum absolute atomic E-state index is 0.0560. The number of phenolic OH excluding ortho intramolecular Hbond substituents is 2. The van der Waals surface area contributed by atoms with Crippen molar-refractivity contribution in [3.63, 3.8) is 0 Å². The molecule has 42 heavy (non-hydrogen) atoms.